The third kappa shape index (κ3) is 10.3. The van der Waals surface area contributed by atoms with Crippen LogP contribution < -0.4 is 4.74 Å². The molecule has 0 aromatic heterocycles. The number of unbranched alkanes of at least 4 members (excludes halogenated alkanes) is 1. The van der Waals surface area contributed by atoms with Gasteiger partial charge in [0, 0.05) is 32.3 Å². The van der Waals surface area contributed by atoms with Crippen LogP contribution in [0.3, 0.4) is 0 Å². The summed E-state index contributed by atoms with van der Waals surface area (Å²) in [5.41, 5.74) is -0.757. The first-order chi connectivity index (χ1) is 21.5. The minimum absolute atomic E-state index is 0.0191. The molecule has 2 unspecified atom stereocenters. The Labute approximate surface area is 272 Å². The van der Waals surface area contributed by atoms with Crippen molar-refractivity contribution >= 4 is 25.5 Å². The van der Waals surface area contributed by atoms with Gasteiger partial charge >= 0.3 is 18.2 Å². The second kappa shape index (κ2) is 15.5. The van der Waals surface area contributed by atoms with Gasteiger partial charge in [-0.25, -0.2) is 14.5 Å². The van der Waals surface area contributed by atoms with Crippen LogP contribution in [0.4, 0.5) is 9.59 Å². The van der Waals surface area contributed by atoms with Crippen molar-refractivity contribution < 1.29 is 42.8 Å². The predicted molar refractivity (Wildman–Crippen MR) is 176 cm³/mol. The summed E-state index contributed by atoms with van der Waals surface area (Å²) in [4.78, 5) is 41.7. The lowest BCUT2D eigenvalue weighted by Crippen LogP contribution is -2.54. The number of carbonyl (C=O) groups is 3. The number of amides is 2. The number of para-hydroxylation sites is 1. The van der Waals surface area contributed by atoms with Gasteiger partial charge in [0.25, 0.3) is 0 Å². The lowest BCUT2D eigenvalue weighted by Gasteiger charge is -2.45. The molecule has 0 aliphatic carbocycles. The van der Waals surface area contributed by atoms with Crippen LogP contribution in [0.5, 0.6) is 11.5 Å². The molecule has 254 valence electrons. The largest absolute Gasteiger partial charge is 0.480 e. The van der Waals surface area contributed by atoms with Gasteiger partial charge in [-0.2, -0.15) is 0 Å². The molecule has 1 N–H and O–H groups in total. The minimum atomic E-state index is -3.63. The third-order valence-corrected chi connectivity index (χ3v) is 10.6. The molecule has 0 radical (unpaired) electrons. The van der Waals surface area contributed by atoms with Gasteiger partial charge < -0.3 is 23.8 Å². The van der Waals surface area contributed by atoms with Crippen LogP contribution >= 0.6 is 7.37 Å². The smallest absolute Gasteiger partial charge is 0.419 e. The van der Waals surface area contributed by atoms with Crippen molar-refractivity contribution in [3.8, 4) is 11.5 Å². The van der Waals surface area contributed by atoms with Gasteiger partial charge in [0.2, 0.25) is 7.37 Å². The zero-order valence-corrected chi connectivity index (χ0v) is 29.0. The molecule has 1 aliphatic heterocycles. The van der Waals surface area contributed by atoms with E-state index in [1.807, 2.05) is 59.5 Å². The number of carboxylic acids is 1. The molecule has 1 saturated heterocycles. The zero-order valence-electron chi connectivity index (χ0n) is 28.1. The summed E-state index contributed by atoms with van der Waals surface area (Å²) in [5, 5.41) is 8.96. The lowest BCUT2D eigenvalue weighted by atomic mass is 9.99. The molecule has 1 heterocycles. The van der Waals surface area contributed by atoms with Crippen LogP contribution in [-0.4, -0.2) is 81.8 Å². The maximum Gasteiger partial charge on any atom is 0.419 e. The second-order valence-corrected chi connectivity index (χ2v) is 16.4. The Balaban J connectivity index is 1.77. The highest BCUT2D eigenvalue weighted by Gasteiger charge is 2.58. The van der Waals surface area contributed by atoms with Gasteiger partial charge in [-0.1, -0.05) is 30.3 Å². The van der Waals surface area contributed by atoms with Gasteiger partial charge in [0.05, 0.1) is 6.61 Å². The van der Waals surface area contributed by atoms with Crippen LogP contribution in [0.15, 0.2) is 54.6 Å². The van der Waals surface area contributed by atoms with E-state index in [0.717, 1.165) is 10.5 Å². The van der Waals surface area contributed by atoms with E-state index in [2.05, 4.69) is 0 Å². The van der Waals surface area contributed by atoms with Gasteiger partial charge in [-0.3, -0.25) is 14.3 Å². The average Bonchev–Trinajstić information content (AvgIpc) is 2.93. The second-order valence-electron chi connectivity index (χ2n) is 13.5. The fourth-order valence-corrected chi connectivity index (χ4v) is 8.29. The zero-order chi connectivity index (χ0) is 34.2. The van der Waals surface area contributed by atoms with Crippen molar-refractivity contribution in [2.24, 2.45) is 0 Å². The summed E-state index contributed by atoms with van der Waals surface area (Å²) in [7, 11) is -3.63. The number of rotatable bonds is 12. The number of hydrogen-bond donors (Lipinski definition) is 1. The highest BCUT2D eigenvalue weighted by Crippen LogP contribution is 2.63. The molecule has 46 heavy (non-hydrogen) atoms. The quantitative estimate of drug-likeness (QED) is 0.178. The van der Waals surface area contributed by atoms with E-state index in [-0.39, 0.29) is 45.1 Å². The Bertz CT molecular complexity index is 1360. The molecule has 0 saturated carbocycles. The van der Waals surface area contributed by atoms with E-state index in [1.54, 1.807) is 48.5 Å². The number of imide groups is 1. The van der Waals surface area contributed by atoms with Gasteiger partial charge in [-0.05, 0) is 97.6 Å². The van der Waals surface area contributed by atoms with Crippen molar-refractivity contribution in [2.75, 3.05) is 32.4 Å². The van der Waals surface area contributed by atoms with Crippen molar-refractivity contribution in [1.29, 1.82) is 0 Å². The topological polar surface area (TPSA) is 132 Å². The predicted octanol–water partition coefficient (Wildman–Crippen LogP) is 7.78. The van der Waals surface area contributed by atoms with Gasteiger partial charge in [0.15, 0.2) is 5.16 Å². The lowest BCUT2D eigenvalue weighted by molar-refractivity contribution is -0.141. The first-order valence-electron chi connectivity index (χ1n) is 15.7. The molecule has 12 heteroatoms. The van der Waals surface area contributed by atoms with Crippen LogP contribution in [0.1, 0.15) is 73.3 Å². The maximum atomic E-state index is 14.2. The van der Waals surface area contributed by atoms with Crippen LogP contribution in [0, 0.1) is 0 Å². The molecule has 0 spiro atoms. The van der Waals surface area contributed by atoms with E-state index in [4.69, 9.17) is 18.7 Å². The van der Waals surface area contributed by atoms with E-state index in [1.165, 1.54) is 0 Å². The summed E-state index contributed by atoms with van der Waals surface area (Å²) < 4.78 is 36.8. The molecular weight excluding hydrogens is 611 g/mol. The Morgan fingerprint density at radius 2 is 1.52 bits per heavy atom. The SMILES string of the molecule is CCOP1(=O)CCN(Cc2cccc(Oc3ccccc3)c2)CC1(CCCCN(C(=O)OC(C)(C)C)C(=O)OC(C)(C)C)C(=O)O. The molecule has 2 atom stereocenters. The Hall–Kier alpha value is -3.40. The van der Waals surface area contributed by atoms with E-state index in [0.29, 0.717) is 24.6 Å². The number of aliphatic carboxylic acids is 1. The third-order valence-electron chi connectivity index (χ3n) is 7.32. The van der Waals surface area contributed by atoms with Gasteiger partial charge in [0.1, 0.15) is 22.7 Å². The number of benzene rings is 2. The van der Waals surface area contributed by atoms with Crippen LogP contribution in [0.2, 0.25) is 0 Å². The number of ether oxygens (including phenoxy) is 3. The van der Waals surface area contributed by atoms with Crippen molar-refractivity contribution in [1.82, 2.24) is 9.80 Å². The first-order valence-corrected chi connectivity index (χ1v) is 17.5. The standard InChI is InChI=1S/C34H49N2O9P/c1-8-42-46(41)22-21-35(24-26-15-14-18-28(23-26)43-27-16-10-9-11-17-27)25-34(46,29(37)38)19-12-13-20-36(30(39)44-32(2,3)4)31(40)45-33(5,6)7/h9-11,14-18,23H,8,12-13,19-22,24-25H2,1-7H3,(H,37,38). The van der Waals surface area contributed by atoms with Crippen LogP contribution in [0.25, 0.3) is 0 Å². The number of nitrogens with zero attached hydrogens (tertiary/aromatic N) is 2. The summed E-state index contributed by atoms with van der Waals surface area (Å²) >= 11 is 0. The fraction of sp³-hybridized carbons (Fsp3) is 0.559. The molecule has 11 nitrogen and oxygen atoms in total. The number of carbonyl (C=O) groups excluding carboxylic acids is 2. The molecule has 0 bridgehead atoms. The number of hydrogen-bond acceptors (Lipinski definition) is 9. The normalized spacial score (nSPS) is 20.5. The van der Waals surface area contributed by atoms with Gasteiger partial charge in [-0.15, -0.1) is 0 Å². The molecule has 2 aromatic rings. The Morgan fingerprint density at radius 3 is 2.09 bits per heavy atom. The maximum absolute atomic E-state index is 14.2. The Morgan fingerprint density at radius 1 is 0.913 bits per heavy atom. The molecule has 3 rings (SSSR count). The van der Waals surface area contributed by atoms with Crippen molar-refractivity contribution in [2.45, 2.75) is 90.6 Å². The average molecular weight is 661 g/mol. The van der Waals surface area contributed by atoms with E-state index >= 15 is 0 Å². The summed E-state index contributed by atoms with van der Waals surface area (Å²) in [6, 6.07) is 17.0. The molecule has 1 aliphatic rings. The number of carboxylic acid groups (broad SMARTS) is 1. The summed E-state index contributed by atoms with van der Waals surface area (Å²) in [5.74, 6) is 0.174. The molecule has 2 amide bonds. The molecule has 1 fully saturated rings. The van der Waals surface area contributed by atoms with E-state index < -0.39 is 41.9 Å². The van der Waals surface area contributed by atoms with E-state index in [9.17, 15) is 24.1 Å². The van der Waals surface area contributed by atoms with Crippen molar-refractivity contribution in [3.05, 3.63) is 60.2 Å². The monoisotopic (exact) mass is 660 g/mol. The minimum Gasteiger partial charge on any atom is -0.480 e. The highest BCUT2D eigenvalue weighted by molar-refractivity contribution is 7.62. The van der Waals surface area contributed by atoms with Crippen molar-refractivity contribution in [3.63, 3.8) is 0 Å². The fourth-order valence-electron chi connectivity index (χ4n) is 5.31. The van der Waals surface area contributed by atoms with Crippen LogP contribution in [-0.2, 0) is 29.9 Å². The molecular formula is C34H49N2O9P. The summed E-state index contributed by atoms with van der Waals surface area (Å²) in [6.45, 7) is 12.8. The first kappa shape index (κ1) is 37.1. The summed E-state index contributed by atoms with van der Waals surface area (Å²) in [6.07, 6.45) is -1.06. The highest BCUT2D eigenvalue weighted by atomic mass is 31.2. The Kier molecular flexibility index (Phi) is 12.5. The molecule has 2 aromatic carbocycles.